The number of rotatable bonds is 4. The van der Waals surface area contributed by atoms with E-state index in [1.165, 1.54) is 4.90 Å². The van der Waals surface area contributed by atoms with Crippen LogP contribution in [0.15, 0.2) is 18.2 Å². The van der Waals surface area contributed by atoms with E-state index in [-0.39, 0.29) is 12.3 Å². The summed E-state index contributed by atoms with van der Waals surface area (Å²) in [5.74, 6) is -3.09. The predicted octanol–water partition coefficient (Wildman–Crippen LogP) is 1.95. The van der Waals surface area contributed by atoms with Gasteiger partial charge in [0.2, 0.25) is 5.91 Å². The molecule has 9 heteroatoms. The van der Waals surface area contributed by atoms with Crippen LogP contribution in [0.5, 0.6) is 5.75 Å². The minimum absolute atomic E-state index is 0.161. The summed E-state index contributed by atoms with van der Waals surface area (Å²) in [6.45, 7) is 0.0757. The van der Waals surface area contributed by atoms with Crippen LogP contribution in [-0.2, 0) is 15.8 Å². The number of halogens is 4. The quantitative estimate of drug-likeness (QED) is 0.846. The summed E-state index contributed by atoms with van der Waals surface area (Å²) in [6.07, 6.45) is -3.66. The van der Waals surface area contributed by atoms with Gasteiger partial charge in [0.25, 0.3) is 5.91 Å². The largest absolute Gasteiger partial charge is 0.484 e. The van der Waals surface area contributed by atoms with Gasteiger partial charge in [-0.25, -0.2) is 4.39 Å². The van der Waals surface area contributed by atoms with Crippen LogP contribution in [0, 0.1) is 11.7 Å². The van der Waals surface area contributed by atoms with Crippen molar-refractivity contribution in [2.75, 3.05) is 19.7 Å². The molecule has 1 aromatic carbocycles. The fraction of sp³-hybridized carbons (Fsp3) is 0.467. The smallest absolute Gasteiger partial charge is 0.419 e. The third-order valence-electron chi connectivity index (χ3n) is 3.78. The molecule has 0 radical (unpaired) electrons. The Morgan fingerprint density at radius 2 is 2.04 bits per heavy atom. The molecule has 24 heavy (non-hydrogen) atoms. The summed E-state index contributed by atoms with van der Waals surface area (Å²) < 4.78 is 56.1. The number of alkyl halides is 3. The molecule has 132 valence electrons. The number of carbonyl (C=O) groups excluding carboxylic acids is 2. The molecule has 1 aliphatic rings. The van der Waals surface area contributed by atoms with Gasteiger partial charge in [-0.15, -0.1) is 0 Å². The number of piperidine rings is 1. The van der Waals surface area contributed by atoms with E-state index in [2.05, 4.69) is 0 Å². The first-order valence-electron chi connectivity index (χ1n) is 7.25. The number of nitrogens with two attached hydrogens (primary N) is 1. The topological polar surface area (TPSA) is 72.6 Å². The Hall–Kier alpha value is -2.32. The van der Waals surface area contributed by atoms with Crippen molar-refractivity contribution in [2.45, 2.75) is 19.0 Å². The Morgan fingerprint density at radius 1 is 1.33 bits per heavy atom. The lowest BCUT2D eigenvalue weighted by atomic mass is 9.97. The van der Waals surface area contributed by atoms with Crippen molar-refractivity contribution in [3.8, 4) is 5.75 Å². The van der Waals surface area contributed by atoms with Gasteiger partial charge in [0.15, 0.2) is 6.61 Å². The zero-order chi connectivity index (χ0) is 17.9. The van der Waals surface area contributed by atoms with Gasteiger partial charge in [-0.1, -0.05) is 0 Å². The van der Waals surface area contributed by atoms with Crippen molar-refractivity contribution in [1.29, 1.82) is 0 Å². The molecule has 2 amide bonds. The maximum atomic E-state index is 13.2. The Labute approximate surface area is 135 Å². The van der Waals surface area contributed by atoms with E-state index in [1.807, 2.05) is 0 Å². The molecule has 1 heterocycles. The van der Waals surface area contributed by atoms with Gasteiger partial charge in [-0.2, -0.15) is 13.2 Å². The fourth-order valence-corrected chi connectivity index (χ4v) is 2.48. The lowest BCUT2D eigenvalue weighted by Crippen LogP contribution is -2.45. The highest BCUT2D eigenvalue weighted by Gasteiger charge is 2.34. The monoisotopic (exact) mass is 348 g/mol. The number of carbonyl (C=O) groups is 2. The number of hydrogen-bond donors (Lipinski definition) is 1. The Bertz CT molecular complexity index is 634. The van der Waals surface area contributed by atoms with Crippen molar-refractivity contribution < 1.29 is 31.9 Å². The van der Waals surface area contributed by atoms with Gasteiger partial charge < -0.3 is 15.4 Å². The number of amides is 2. The van der Waals surface area contributed by atoms with Crippen LogP contribution >= 0.6 is 0 Å². The lowest BCUT2D eigenvalue weighted by Gasteiger charge is -2.31. The SMILES string of the molecule is NC(=O)[C@H]1CCCN(C(=O)COc2ccc(F)c(C(F)(F)F)c2)C1. The zero-order valence-electron chi connectivity index (χ0n) is 12.6. The van der Waals surface area contributed by atoms with Crippen molar-refractivity contribution in [2.24, 2.45) is 11.7 Å². The van der Waals surface area contributed by atoms with Crippen LogP contribution in [0.25, 0.3) is 0 Å². The molecular weight excluding hydrogens is 332 g/mol. The summed E-state index contributed by atoms with van der Waals surface area (Å²) in [5.41, 5.74) is 3.76. The Morgan fingerprint density at radius 3 is 2.67 bits per heavy atom. The minimum Gasteiger partial charge on any atom is -0.484 e. The first kappa shape index (κ1) is 18.0. The third-order valence-corrected chi connectivity index (χ3v) is 3.78. The maximum Gasteiger partial charge on any atom is 0.419 e. The third kappa shape index (κ3) is 4.36. The normalized spacial score (nSPS) is 18.3. The summed E-state index contributed by atoms with van der Waals surface area (Å²) in [6, 6.07) is 2.15. The van der Waals surface area contributed by atoms with E-state index in [9.17, 15) is 27.2 Å². The standard InChI is InChI=1S/C15H16F4N2O3/c16-12-4-3-10(6-11(12)15(17,18)19)24-8-13(22)21-5-1-2-9(7-21)14(20)23/h3-4,6,9H,1-2,5,7-8H2,(H2,20,23)/t9-/m0/s1. The molecule has 5 nitrogen and oxygen atoms in total. The molecule has 0 aliphatic carbocycles. The van der Waals surface area contributed by atoms with Crippen molar-refractivity contribution in [1.82, 2.24) is 4.90 Å². The minimum atomic E-state index is -4.85. The van der Waals surface area contributed by atoms with Crippen LogP contribution in [0.3, 0.4) is 0 Å². The van der Waals surface area contributed by atoms with Crippen molar-refractivity contribution >= 4 is 11.8 Å². The number of ether oxygens (including phenoxy) is 1. The highest BCUT2D eigenvalue weighted by atomic mass is 19.4. The van der Waals surface area contributed by atoms with Crippen LogP contribution in [-0.4, -0.2) is 36.4 Å². The molecule has 1 fully saturated rings. The van der Waals surface area contributed by atoms with Gasteiger partial charge >= 0.3 is 6.18 Å². The van der Waals surface area contributed by atoms with E-state index in [0.29, 0.717) is 31.5 Å². The van der Waals surface area contributed by atoms with Gasteiger partial charge in [0.1, 0.15) is 11.6 Å². The molecule has 1 atom stereocenters. The summed E-state index contributed by atoms with van der Waals surface area (Å²) in [4.78, 5) is 24.6. The van der Waals surface area contributed by atoms with E-state index in [4.69, 9.17) is 10.5 Å². The summed E-state index contributed by atoms with van der Waals surface area (Å²) in [5, 5.41) is 0. The fourth-order valence-electron chi connectivity index (χ4n) is 2.48. The van der Waals surface area contributed by atoms with Crippen LogP contribution < -0.4 is 10.5 Å². The number of hydrogen-bond acceptors (Lipinski definition) is 3. The van der Waals surface area contributed by atoms with Crippen LogP contribution in [0.2, 0.25) is 0 Å². The van der Waals surface area contributed by atoms with E-state index >= 15 is 0 Å². The molecule has 1 aromatic rings. The molecule has 2 rings (SSSR count). The second kappa shape index (κ2) is 7.06. The second-order valence-electron chi connectivity index (χ2n) is 5.51. The first-order chi connectivity index (χ1) is 11.2. The van der Waals surface area contributed by atoms with E-state index in [1.54, 1.807) is 0 Å². The van der Waals surface area contributed by atoms with Gasteiger partial charge in [0, 0.05) is 13.1 Å². The van der Waals surface area contributed by atoms with Crippen molar-refractivity contribution in [3.05, 3.63) is 29.6 Å². The number of benzene rings is 1. The summed E-state index contributed by atoms with van der Waals surface area (Å²) in [7, 11) is 0. The molecule has 1 aliphatic heterocycles. The average molecular weight is 348 g/mol. The Balaban J connectivity index is 1.98. The van der Waals surface area contributed by atoms with Crippen LogP contribution in [0.1, 0.15) is 18.4 Å². The molecule has 0 bridgehead atoms. The molecule has 1 saturated heterocycles. The number of primary amides is 1. The van der Waals surface area contributed by atoms with Gasteiger partial charge in [-0.05, 0) is 31.0 Å². The highest BCUT2D eigenvalue weighted by Crippen LogP contribution is 2.33. The lowest BCUT2D eigenvalue weighted by molar-refractivity contribution is -0.140. The van der Waals surface area contributed by atoms with Gasteiger partial charge in [-0.3, -0.25) is 9.59 Å². The molecule has 0 unspecified atom stereocenters. The Kier molecular flexibility index (Phi) is 5.30. The van der Waals surface area contributed by atoms with E-state index in [0.717, 1.165) is 6.07 Å². The maximum absolute atomic E-state index is 13.2. The molecule has 0 aromatic heterocycles. The van der Waals surface area contributed by atoms with Crippen LogP contribution in [0.4, 0.5) is 17.6 Å². The predicted molar refractivity (Wildman–Crippen MR) is 75.4 cm³/mol. The number of likely N-dealkylation sites (tertiary alicyclic amines) is 1. The molecule has 2 N–H and O–H groups in total. The van der Waals surface area contributed by atoms with Gasteiger partial charge in [0.05, 0.1) is 11.5 Å². The average Bonchev–Trinajstić information content (AvgIpc) is 2.52. The van der Waals surface area contributed by atoms with Crippen molar-refractivity contribution in [3.63, 3.8) is 0 Å². The van der Waals surface area contributed by atoms with E-state index < -0.39 is 41.9 Å². The highest BCUT2D eigenvalue weighted by molar-refractivity contribution is 5.81. The number of nitrogens with zero attached hydrogens (tertiary/aromatic N) is 1. The summed E-state index contributed by atoms with van der Waals surface area (Å²) >= 11 is 0. The molecular formula is C15H16F4N2O3. The second-order valence-corrected chi connectivity index (χ2v) is 5.51. The zero-order valence-corrected chi connectivity index (χ0v) is 12.6. The molecule has 0 spiro atoms. The molecule has 0 saturated carbocycles. The first-order valence-corrected chi connectivity index (χ1v) is 7.25.